The van der Waals surface area contributed by atoms with Crippen molar-refractivity contribution in [1.82, 2.24) is 25.1 Å². The molecule has 3 rings (SSSR count). The van der Waals surface area contributed by atoms with Crippen LogP contribution in [0.25, 0.3) is 0 Å². The summed E-state index contributed by atoms with van der Waals surface area (Å²) < 4.78 is 2.10. The fourth-order valence-electron chi connectivity index (χ4n) is 2.60. The summed E-state index contributed by atoms with van der Waals surface area (Å²) in [6.07, 6.45) is 5.76. The topological polar surface area (TPSA) is 93.7 Å². The highest BCUT2D eigenvalue weighted by molar-refractivity contribution is 5.56. The van der Waals surface area contributed by atoms with E-state index >= 15 is 0 Å². The number of nitrogen functional groups attached to an aromatic ring is 1. The van der Waals surface area contributed by atoms with Crippen LogP contribution in [0.3, 0.4) is 0 Å². The van der Waals surface area contributed by atoms with Crippen molar-refractivity contribution >= 4 is 17.5 Å². The van der Waals surface area contributed by atoms with Gasteiger partial charge in [-0.2, -0.15) is 10.1 Å². The maximum absolute atomic E-state index is 5.82. The van der Waals surface area contributed by atoms with Crippen LogP contribution in [0.1, 0.15) is 30.1 Å². The Morgan fingerprint density at radius 3 is 2.76 bits per heavy atom. The third-order valence-corrected chi connectivity index (χ3v) is 3.96. The van der Waals surface area contributed by atoms with Crippen molar-refractivity contribution in [1.29, 1.82) is 0 Å². The van der Waals surface area contributed by atoms with Crippen LogP contribution < -0.4 is 16.4 Å². The molecule has 4 N–H and O–H groups in total. The first-order valence-corrected chi connectivity index (χ1v) is 7.26. The Hall–Kier alpha value is -2.15. The molecule has 1 aliphatic rings. The second-order valence-electron chi connectivity index (χ2n) is 5.46. The van der Waals surface area contributed by atoms with Gasteiger partial charge in [0.25, 0.3) is 0 Å². The van der Waals surface area contributed by atoms with Gasteiger partial charge in [-0.1, -0.05) is 0 Å². The Kier molecular flexibility index (Phi) is 3.74. The average Bonchev–Trinajstić information content (AvgIpc) is 2.85. The number of nitrogens with two attached hydrogens (primary N) is 1. The van der Waals surface area contributed by atoms with E-state index in [-0.39, 0.29) is 0 Å². The lowest BCUT2D eigenvalue weighted by Crippen LogP contribution is -2.30. The summed E-state index contributed by atoms with van der Waals surface area (Å²) in [6, 6.07) is 0.464. The molecule has 0 spiro atoms. The molecule has 0 radical (unpaired) electrons. The molecular formula is C14H21N7. The van der Waals surface area contributed by atoms with Crippen LogP contribution in [0.4, 0.5) is 17.5 Å². The zero-order chi connectivity index (χ0) is 14.8. The summed E-state index contributed by atoms with van der Waals surface area (Å²) >= 11 is 0. The van der Waals surface area contributed by atoms with E-state index in [0.717, 1.165) is 42.9 Å². The molecule has 7 heteroatoms. The minimum atomic E-state index is 0.464. The van der Waals surface area contributed by atoms with E-state index in [1.54, 1.807) is 6.20 Å². The number of nitrogens with zero attached hydrogens (tertiary/aromatic N) is 4. The Balaban J connectivity index is 1.79. The Labute approximate surface area is 124 Å². The molecule has 0 bridgehead atoms. The third-order valence-electron chi connectivity index (χ3n) is 3.96. The van der Waals surface area contributed by atoms with Crippen molar-refractivity contribution in [2.75, 3.05) is 24.1 Å². The van der Waals surface area contributed by atoms with Gasteiger partial charge in [0.2, 0.25) is 5.95 Å². The van der Waals surface area contributed by atoms with Gasteiger partial charge in [0, 0.05) is 11.8 Å². The number of anilines is 3. The number of nitrogens with one attached hydrogen (secondary N) is 2. The smallest absolute Gasteiger partial charge is 0.229 e. The monoisotopic (exact) mass is 287 g/mol. The zero-order valence-electron chi connectivity index (χ0n) is 12.4. The Bertz CT molecular complexity index is 628. The average molecular weight is 287 g/mol. The van der Waals surface area contributed by atoms with E-state index in [1.165, 1.54) is 0 Å². The summed E-state index contributed by atoms with van der Waals surface area (Å²) in [6.45, 7) is 6.04. The van der Waals surface area contributed by atoms with Crippen LogP contribution in [-0.2, 0) is 0 Å². The number of aromatic nitrogens is 4. The first kappa shape index (κ1) is 13.8. The van der Waals surface area contributed by atoms with Crippen LogP contribution >= 0.6 is 0 Å². The van der Waals surface area contributed by atoms with Crippen LogP contribution in [0, 0.1) is 13.8 Å². The lowest BCUT2D eigenvalue weighted by Gasteiger charge is -2.24. The maximum Gasteiger partial charge on any atom is 0.229 e. The molecule has 0 amide bonds. The van der Waals surface area contributed by atoms with Crippen molar-refractivity contribution in [3.05, 3.63) is 23.7 Å². The normalized spacial score (nSPS) is 16.1. The molecule has 1 saturated heterocycles. The van der Waals surface area contributed by atoms with Crippen molar-refractivity contribution in [3.63, 3.8) is 0 Å². The number of aryl methyl sites for hydroxylation is 1. The fourth-order valence-corrected chi connectivity index (χ4v) is 2.60. The highest BCUT2D eigenvalue weighted by Gasteiger charge is 2.19. The van der Waals surface area contributed by atoms with Crippen LogP contribution in [0.2, 0.25) is 0 Å². The maximum atomic E-state index is 5.82. The standard InChI is InChI=1S/C14H21N7/c1-9-7-17-14(20-13(9)15)19-12-8-18-21(10(12)2)11-3-5-16-6-4-11/h7-8,11,16H,3-6H2,1-2H3,(H3,15,17,19,20). The predicted molar refractivity (Wildman–Crippen MR) is 82.6 cm³/mol. The molecular weight excluding hydrogens is 266 g/mol. The predicted octanol–water partition coefficient (Wildman–Crippen LogP) is 1.54. The summed E-state index contributed by atoms with van der Waals surface area (Å²) in [5.74, 6) is 1.00. The van der Waals surface area contributed by atoms with Gasteiger partial charge in [0.15, 0.2) is 0 Å². The van der Waals surface area contributed by atoms with Gasteiger partial charge in [0.05, 0.1) is 23.6 Å². The highest BCUT2D eigenvalue weighted by Crippen LogP contribution is 2.25. The molecule has 0 unspecified atom stereocenters. The molecule has 0 atom stereocenters. The summed E-state index contributed by atoms with van der Waals surface area (Å²) in [4.78, 5) is 8.49. The van der Waals surface area contributed by atoms with E-state index in [1.807, 2.05) is 13.1 Å². The molecule has 112 valence electrons. The van der Waals surface area contributed by atoms with Gasteiger partial charge in [-0.25, -0.2) is 4.98 Å². The summed E-state index contributed by atoms with van der Waals surface area (Å²) in [5.41, 5.74) is 8.72. The molecule has 0 aromatic carbocycles. The SMILES string of the molecule is Cc1cnc(Nc2cnn(C3CCNCC3)c2C)nc1N. The van der Waals surface area contributed by atoms with Gasteiger partial charge in [-0.3, -0.25) is 4.68 Å². The van der Waals surface area contributed by atoms with Crippen LogP contribution in [0.15, 0.2) is 12.4 Å². The van der Waals surface area contributed by atoms with Gasteiger partial charge < -0.3 is 16.4 Å². The largest absolute Gasteiger partial charge is 0.383 e. The lowest BCUT2D eigenvalue weighted by atomic mass is 10.1. The van der Waals surface area contributed by atoms with Crippen molar-refractivity contribution < 1.29 is 0 Å². The van der Waals surface area contributed by atoms with Gasteiger partial charge in [-0.05, 0) is 39.8 Å². The minimum Gasteiger partial charge on any atom is -0.383 e. The van der Waals surface area contributed by atoms with Gasteiger partial charge in [-0.15, -0.1) is 0 Å². The number of rotatable bonds is 3. The molecule has 1 fully saturated rings. The van der Waals surface area contributed by atoms with E-state index in [2.05, 4.69) is 37.3 Å². The van der Waals surface area contributed by atoms with E-state index in [4.69, 9.17) is 5.73 Å². The van der Waals surface area contributed by atoms with Gasteiger partial charge in [0.1, 0.15) is 5.82 Å². The molecule has 7 nitrogen and oxygen atoms in total. The lowest BCUT2D eigenvalue weighted by molar-refractivity contribution is 0.338. The second-order valence-corrected chi connectivity index (χ2v) is 5.46. The molecule has 2 aromatic rings. The van der Waals surface area contributed by atoms with Crippen molar-refractivity contribution in [2.45, 2.75) is 32.7 Å². The fraction of sp³-hybridized carbons (Fsp3) is 0.500. The number of hydrogen-bond acceptors (Lipinski definition) is 6. The zero-order valence-corrected chi connectivity index (χ0v) is 12.4. The molecule has 2 aromatic heterocycles. The van der Waals surface area contributed by atoms with Gasteiger partial charge >= 0.3 is 0 Å². The molecule has 1 aliphatic heterocycles. The minimum absolute atomic E-state index is 0.464. The first-order valence-electron chi connectivity index (χ1n) is 7.26. The summed E-state index contributed by atoms with van der Waals surface area (Å²) in [7, 11) is 0. The van der Waals surface area contributed by atoms with Crippen molar-refractivity contribution in [2.24, 2.45) is 0 Å². The van der Waals surface area contributed by atoms with E-state index < -0.39 is 0 Å². The molecule has 3 heterocycles. The Morgan fingerprint density at radius 2 is 2.05 bits per heavy atom. The number of hydrogen-bond donors (Lipinski definition) is 3. The van der Waals surface area contributed by atoms with E-state index in [0.29, 0.717) is 17.8 Å². The Morgan fingerprint density at radius 1 is 1.29 bits per heavy atom. The summed E-state index contributed by atoms with van der Waals surface area (Å²) in [5, 5.41) is 11.1. The third kappa shape index (κ3) is 2.82. The van der Waals surface area contributed by atoms with Crippen molar-refractivity contribution in [3.8, 4) is 0 Å². The van der Waals surface area contributed by atoms with E-state index in [9.17, 15) is 0 Å². The highest BCUT2D eigenvalue weighted by atomic mass is 15.3. The quantitative estimate of drug-likeness (QED) is 0.793. The number of piperidine rings is 1. The van der Waals surface area contributed by atoms with Crippen LogP contribution in [0.5, 0.6) is 0 Å². The molecule has 0 aliphatic carbocycles. The molecule has 0 saturated carbocycles. The first-order chi connectivity index (χ1) is 10.1. The second kappa shape index (κ2) is 5.69. The molecule has 21 heavy (non-hydrogen) atoms. The van der Waals surface area contributed by atoms with Crippen LogP contribution in [-0.4, -0.2) is 32.8 Å².